The number of nitrogens with zero attached hydrogens (tertiary/aromatic N) is 2. The van der Waals surface area contributed by atoms with Crippen LogP contribution < -0.4 is 4.72 Å². The highest BCUT2D eigenvalue weighted by atomic mass is 35.5. The van der Waals surface area contributed by atoms with Crippen molar-refractivity contribution in [3.05, 3.63) is 47.7 Å². The fourth-order valence-corrected chi connectivity index (χ4v) is 5.82. The fraction of sp³-hybridized carbons (Fsp3) is 0.312. The predicted octanol–water partition coefficient (Wildman–Crippen LogP) is 2.71. The Kier molecular flexibility index (Phi) is 5.52. The van der Waals surface area contributed by atoms with E-state index in [2.05, 4.69) is 9.71 Å². The molecule has 0 atom stereocenters. The Morgan fingerprint density at radius 3 is 2.42 bits per heavy atom. The van der Waals surface area contributed by atoms with E-state index in [1.54, 1.807) is 0 Å². The second kappa shape index (κ2) is 7.51. The Morgan fingerprint density at radius 2 is 1.73 bits per heavy atom. The Morgan fingerprint density at radius 1 is 1.00 bits per heavy atom. The molecule has 1 aromatic heterocycles. The number of hydrogen-bond acceptors (Lipinski definition) is 5. The zero-order valence-electron chi connectivity index (χ0n) is 13.8. The highest BCUT2D eigenvalue weighted by molar-refractivity contribution is 7.92. The van der Waals surface area contributed by atoms with E-state index < -0.39 is 20.0 Å². The minimum Gasteiger partial charge on any atom is -0.279 e. The molecule has 0 aliphatic carbocycles. The summed E-state index contributed by atoms with van der Waals surface area (Å²) in [5, 5.41) is -0.155. The van der Waals surface area contributed by atoms with Crippen LogP contribution in [0.5, 0.6) is 0 Å². The molecule has 0 amide bonds. The van der Waals surface area contributed by atoms with Gasteiger partial charge < -0.3 is 0 Å². The van der Waals surface area contributed by atoms with Crippen molar-refractivity contribution in [2.24, 2.45) is 0 Å². The van der Waals surface area contributed by atoms with Crippen LogP contribution in [0, 0.1) is 0 Å². The van der Waals surface area contributed by atoms with Crippen molar-refractivity contribution >= 4 is 37.3 Å². The maximum Gasteiger partial charge on any atom is 0.264 e. The molecule has 140 valence electrons. The molecular formula is C16H18ClN3O4S2. The summed E-state index contributed by atoms with van der Waals surface area (Å²) in [4.78, 5) is 3.63. The lowest BCUT2D eigenvalue weighted by molar-refractivity contribution is 0.346. The van der Waals surface area contributed by atoms with E-state index in [0.29, 0.717) is 13.1 Å². The monoisotopic (exact) mass is 415 g/mol. The molecule has 3 rings (SSSR count). The van der Waals surface area contributed by atoms with Crippen molar-refractivity contribution in [3.63, 3.8) is 0 Å². The minimum atomic E-state index is -3.98. The largest absolute Gasteiger partial charge is 0.279 e. The first-order valence-electron chi connectivity index (χ1n) is 8.04. The van der Waals surface area contributed by atoms with Gasteiger partial charge in [0.05, 0.1) is 10.6 Å². The second-order valence-electron chi connectivity index (χ2n) is 5.89. The first-order chi connectivity index (χ1) is 12.3. The molecule has 2 aromatic rings. The lowest BCUT2D eigenvalue weighted by atomic mass is 10.2. The van der Waals surface area contributed by atoms with Crippen LogP contribution in [0.2, 0.25) is 5.15 Å². The molecule has 1 aliphatic heterocycles. The highest BCUT2D eigenvalue weighted by Gasteiger charge is 2.26. The molecule has 0 radical (unpaired) electrons. The van der Waals surface area contributed by atoms with Gasteiger partial charge in [-0.1, -0.05) is 24.1 Å². The lowest BCUT2D eigenvalue weighted by Gasteiger charge is -2.26. The quantitative estimate of drug-likeness (QED) is 0.757. The van der Waals surface area contributed by atoms with Gasteiger partial charge in [-0.25, -0.2) is 21.8 Å². The SMILES string of the molecule is O=S(=O)(Nc1cccc(S(=O)(=O)N2CCCCC2)c1)c1cccnc1Cl. The lowest BCUT2D eigenvalue weighted by Crippen LogP contribution is -2.35. The Balaban J connectivity index is 1.89. The third kappa shape index (κ3) is 4.01. The molecule has 10 heteroatoms. The van der Waals surface area contributed by atoms with Gasteiger partial charge in [0, 0.05) is 19.3 Å². The van der Waals surface area contributed by atoms with Gasteiger partial charge in [0.2, 0.25) is 10.0 Å². The van der Waals surface area contributed by atoms with E-state index in [-0.39, 0.29) is 20.6 Å². The summed E-state index contributed by atoms with van der Waals surface area (Å²) in [6.45, 7) is 0.952. The van der Waals surface area contributed by atoms with Crippen LogP contribution >= 0.6 is 11.6 Å². The van der Waals surface area contributed by atoms with E-state index in [1.807, 2.05) is 0 Å². The zero-order chi connectivity index (χ0) is 18.8. The summed E-state index contributed by atoms with van der Waals surface area (Å²) in [6.07, 6.45) is 4.04. The maximum absolute atomic E-state index is 12.7. The van der Waals surface area contributed by atoms with Gasteiger partial charge in [0.1, 0.15) is 10.0 Å². The molecule has 1 N–H and O–H groups in total. The van der Waals surface area contributed by atoms with Gasteiger partial charge in [-0.15, -0.1) is 0 Å². The summed E-state index contributed by atoms with van der Waals surface area (Å²) in [7, 11) is -7.64. The molecule has 0 unspecified atom stereocenters. The molecule has 0 spiro atoms. The number of pyridine rings is 1. The van der Waals surface area contributed by atoms with Crippen LogP contribution in [0.15, 0.2) is 52.4 Å². The van der Waals surface area contributed by atoms with Crippen LogP contribution in [0.25, 0.3) is 0 Å². The highest BCUT2D eigenvalue weighted by Crippen LogP contribution is 2.25. The van der Waals surface area contributed by atoms with Crippen LogP contribution in [-0.2, 0) is 20.0 Å². The van der Waals surface area contributed by atoms with E-state index in [0.717, 1.165) is 19.3 Å². The molecule has 2 heterocycles. The van der Waals surface area contributed by atoms with Gasteiger partial charge in [-0.2, -0.15) is 4.31 Å². The number of nitrogens with one attached hydrogen (secondary N) is 1. The summed E-state index contributed by atoms with van der Waals surface area (Å²) >= 11 is 5.85. The van der Waals surface area contributed by atoms with Crippen molar-refractivity contribution in [1.29, 1.82) is 0 Å². The molecule has 1 aromatic carbocycles. The topological polar surface area (TPSA) is 96.4 Å². The third-order valence-electron chi connectivity index (χ3n) is 4.05. The minimum absolute atomic E-state index is 0.0527. The molecule has 1 aliphatic rings. The van der Waals surface area contributed by atoms with Crippen molar-refractivity contribution in [2.45, 2.75) is 29.1 Å². The zero-order valence-corrected chi connectivity index (χ0v) is 16.2. The Bertz CT molecular complexity index is 1000. The molecular weight excluding hydrogens is 398 g/mol. The van der Waals surface area contributed by atoms with Gasteiger partial charge in [-0.3, -0.25) is 4.72 Å². The number of sulfonamides is 2. The normalized spacial score (nSPS) is 16.3. The number of aromatic nitrogens is 1. The second-order valence-corrected chi connectivity index (χ2v) is 9.84. The Labute approximate surface area is 158 Å². The van der Waals surface area contributed by atoms with E-state index >= 15 is 0 Å². The van der Waals surface area contributed by atoms with Gasteiger partial charge >= 0.3 is 0 Å². The molecule has 1 saturated heterocycles. The number of halogens is 1. The summed E-state index contributed by atoms with van der Waals surface area (Å²) in [6, 6.07) is 8.53. The van der Waals surface area contributed by atoms with Gasteiger partial charge in [0.15, 0.2) is 0 Å². The molecule has 0 saturated carbocycles. The molecule has 26 heavy (non-hydrogen) atoms. The van der Waals surface area contributed by atoms with Crippen LogP contribution in [0.3, 0.4) is 0 Å². The van der Waals surface area contributed by atoms with Crippen molar-refractivity contribution in [3.8, 4) is 0 Å². The molecule has 7 nitrogen and oxygen atoms in total. The summed E-state index contributed by atoms with van der Waals surface area (Å²) in [5.41, 5.74) is 0.142. The summed E-state index contributed by atoms with van der Waals surface area (Å²) in [5.74, 6) is 0. The predicted molar refractivity (Wildman–Crippen MR) is 99.1 cm³/mol. The Hall–Kier alpha value is -1.68. The number of rotatable bonds is 5. The van der Waals surface area contributed by atoms with E-state index in [1.165, 1.54) is 46.9 Å². The molecule has 0 bridgehead atoms. The fourth-order valence-electron chi connectivity index (χ4n) is 2.76. The standard InChI is InChI=1S/C16H18ClN3O4S2/c17-16-15(8-5-9-18-16)25(21,22)19-13-6-4-7-14(12-13)26(23,24)20-10-2-1-3-11-20/h4-9,12,19H,1-3,10-11H2. The van der Waals surface area contributed by atoms with E-state index in [4.69, 9.17) is 11.6 Å². The van der Waals surface area contributed by atoms with Crippen LogP contribution in [-0.4, -0.2) is 39.2 Å². The summed E-state index contributed by atoms with van der Waals surface area (Å²) < 4.78 is 54.3. The average Bonchev–Trinajstić information content (AvgIpc) is 2.62. The molecule has 1 fully saturated rings. The van der Waals surface area contributed by atoms with Crippen molar-refractivity contribution < 1.29 is 16.8 Å². The van der Waals surface area contributed by atoms with Crippen LogP contribution in [0.1, 0.15) is 19.3 Å². The third-order valence-corrected chi connectivity index (χ3v) is 7.77. The maximum atomic E-state index is 12.7. The van der Waals surface area contributed by atoms with Gasteiger partial charge in [-0.05, 0) is 43.2 Å². The van der Waals surface area contributed by atoms with Crippen molar-refractivity contribution in [2.75, 3.05) is 17.8 Å². The number of benzene rings is 1. The first-order valence-corrected chi connectivity index (χ1v) is 11.3. The van der Waals surface area contributed by atoms with Gasteiger partial charge in [0.25, 0.3) is 10.0 Å². The number of hydrogen-bond donors (Lipinski definition) is 1. The van der Waals surface area contributed by atoms with Crippen LogP contribution in [0.4, 0.5) is 5.69 Å². The smallest absolute Gasteiger partial charge is 0.264 e. The average molecular weight is 416 g/mol. The van der Waals surface area contributed by atoms with E-state index in [9.17, 15) is 16.8 Å². The number of piperidine rings is 1. The van der Waals surface area contributed by atoms with Crippen molar-refractivity contribution in [1.82, 2.24) is 9.29 Å². The number of anilines is 1. The first kappa shape index (κ1) is 19.1.